The molecule has 1 aromatic carbocycles. The Bertz CT molecular complexity index is 339. The quantitative estimate of drug-likeness (QED) is 0.874. The van der Waals surface area contributed by atoms with Gasteiger partial charge in [0.15, 0.2) is 0 Å². The zero-order valence-corrected chi connectivity index (χ0v) is 8.85. The highest BCUT2D eigenvalue weighted by Crippen LogP contribution is 2.30. The molecule has 0 saturated carbocycles. The van der Waals surface area contributed by atoms with E-state index in [0.29, 0.717) is 0 Å². The van der Waals surface area contributed by atoms with Crippen molar-refractivity contribution in [3.8, 4) is 0 Å². The highest BCUT2D eigenvalue weighted by atomic mass is 79.9. The largest absolute Gasteiger partial charge is 0.379 e. The summed E-state index contributed by atoms with van der Waals surface area (Å²) in [6.07, 6.45) is -2.92. The van der Waals surface area contributed by atoms with E-state index >= 15 is 0 Å². The fraction of sp³-hybridized carbons (Fsp3) is 0.333. The third-order valence-corrected chi connectivity index (χ3v) is 2.54. The van der Waals surface area contributed by atoms with Gasteiger partial charge in [0.25, 0.3) is 6.43 Å². The first-order valence-corrected chi connectivity index (χ1v) is 4.61. The molecule has 1 nitrogen and oxygen atoms in total. The van der Waals surface area contributed by atoms with E-state index in [2.05, 4.69) is 15.9 Å². The Morgan fingerprint density at radius 1 is 1.43 bits per heavy atom. The summed E-state index contributed by atoms with van der Waals surface area (Å²) < 4.78 is 37.6. The number of aliphatic hydroxyl groups is 1. The molecule has 0 spiro atoms. The lowest BCUT2D eigenvalue weighted by Gasteiger charge is -2.22. The highest BCUT2D eigenvalue weighted by molar-refractivity contribution is 9.10. The minimum absolute atomic E-state index is 0.0271. The molecule has 1 unspecified atom stereocenters. The molecule has 0 aliphatic heterocycles. The number of alkyl halides is 2. The van der Waals surface area contributed by atoms with Crippen LogP contribution in [0.25, 0.3) is 0 Å². The summed E-state index contributed by atoms with van der Waals surface area (Å²) >= 11 is 2.86. The molecule has 1 rings (SSSR count). The summed E-state index contributed by atoms with van der Waals surface area (Å²) in [5, 5.41) is 9.39. The number of hydrogen-bond donors (Lipinski definition) is 1. The van der Waals surface area contributed by atoms with Crippen LogP contribution in [0.2, 0.25) is 0 Å². The first-order chi connectivity index (χ1) is 6.35. The molecule has 14 heavy (non-hydrogen) atoms. The predicted molar refractivity (Wildman–Crippen MR) is 49.7 cm³/mol. The second-order valence-electron chi connectivity index (χ2n) is 3.08. The Kier molecular flexibility index (Phi) is 3.21. The van der Waals surface area contributed by atoms with Crippen molar-refractivity contribution in [2.45, 2.75) is 19.0 Å². The van der Waals surface area contributed by atoms with Crippen LogP contribution in [0.4, 0.5) is 13.2 Å². The van der Waals surface area contributed by atoms with Crippen molar-refractivity contribution < 1.29 is 18.3 Å². The number of benzene rings is 1. The SMILES string of the molecule is CC(O)(c1ccc(F)c(Br)c1)C(F)F. The zero-order chi connectivity index (χ0) is 10.9. The molecule has 0 saturated heterocycles. The topological polar surface area (TPSA) is 20.2 Å². The first-order valence-electron chi connectivity index (χ1n) is 3.81. The van der Waals surface area contributed by atoms with Gasteiger partial charge in [-0.15, -0.1) is 0 Å². The van der Waals surface area contributed by atoms with E-state index in [0.717, 1.165) is 25.1 Å². The van der Waals surface area contributed by atoms with Crippen molar-refractivity contribution in [3.05, 3.63) is 34.1 Å². The minimum atomic E-state index is -2.92. The molecule has 0 fully saturated rings. The van der Waals surface area contributed by atoms with E-state index < -0.39 is 17.8 Å². The summed E-state index contributed by atoms with van der Waals surface area (Å²) in [4.78, 5) is 0. The Balaban J connectivity index is 3.14. The van der Waals surface area contributed by atoms with Gasteiger partial charge < -0.3 is 5.11 Å². The fourth-order valence-corrected chi connectivity index (χ4v) is 1.32. The number of halogens is 4. The van der Waals surface area contributed by atoms with Crippen LogP contribution in [0.1, 0.15) is 12.5 Å². The maximum Gasteiger partial charge on any atom is 0.270 e. The lowest BCUT2D eigenvalue weighted by atomic mass is 9.97. The van der Waals surface area contributed by atoms with Crippen molar-refractivity contribution >= 4 is 15.9 Å². The van der Waals surface area contributed by atoms with Gasteiger partial charge in [-0.2, -0.15) is 0 Å². The summed E-state index contributed by atoms with van der Waals surface area (Å²) in [5.41, 5.74) is -2.28. The summed E-state index contributed by atoms with van der Waals surface area (Å²) in [6, 6.07) is 3.30. The van der Waals surface area contributed by atoms with Gasteiger partial charge in [0.05, 0.1) is 4.47 Å². The normalized spacial score (nSPS) is 15.6. The molecule has 1 aromatic rings. The van der Waals surface area contributed by atoms with Crippen molar-refractivity contribution in [1.29, 1.82) is 0 Å². The number of hydrogen-bond acceptors (Lipinski definition) is 1. The highest BCUT2D eigenvalue weighted by Gasteiger charge is 2.34. The Hall–Kier alpha value is -0.550. The molecular weight excluding hydrogens is 261 g/mol. The predicted octanol–water partition coefficient (Wildman–Crippen LogP) is 3.06. The molecule has 1 atom stereocenters. The average molecular weight is 269 g/mol. The van der Waals surface area contributed by atoms with E-state index in [4.69, 9.17) is 0 Å². The summed E-state index contributed by atoms with van der Waals surface area (Å²) in [6.45, 7) is 0.983. The molecule has 0 heterocycles. The Labute approximate surface area is 87.7 Å². The fourth-order valence-electron chi connectivity index (χ4n) is 0.937. The zero-order valence-electron chi connectivity index (χ0n) is 7.27. The van der Waals surface area contributed by atoms with Gasteiger partial charge in [-0.05, 0) is 40.5 Å². The van der Waals surface area contributed by atoms with Gasteiger partial charge in [-0.3, -0.25) is 0 Å². The lowest BCUT2D eigenvalue weighted by molar-refractivity contribution is -0.0883. The van der Waals surface area contributed by atoms with Gasteiger partial charge in [0.1, 0.15) is 11.4 Å². The van der Waals surface area contributed by atoms with Crippen LogP contribution in [0.15, 0.2) is 22.7 Å². The second-order valence-corrected chi connectivity index (χ2v) is 3.93. The van der Waals surface area contributed by atoms with Crippen LogP contribution in [-0.4, -0.2) is 11.5 Å². The Morgan fingerprint density at radius 2 is 2.00 bits per heavy atom. The third kappa shape index (κ3) is 2.09. The van der Waals surface area contributed by atoms with E-state index in [1.54, 1.807) is 0 Å². The monoisotopic (exact) mass is 268 g/mol. The molecule has 0 aliphatic carbocycles. The molecule has 0 aromatic heterocycles. The van der Waals surface area contributed by atoms with E-state index in [1.807, 2.05) is 0 Å². The van der Waals surface area contributed by atoms with E-state index in [-0.39, 0.29) is 10.0 Å². The average Bonchev–Trinajstić information content (AvgIpc) is 2.09. The maximum absolute atomic E-state index is 12.8. The van der Waals surface area contributed by atoms with E-state index in [9.17, 15) is 18.3 Å². The number of rotatable bonds is 2. The minimum Gasteiger partial charge on any atom is -0.379 e. The van der Waals surface area contributed by atoms with E-state index in [1.165, 1.54) is 0 Å². The summed E-state index contributed by atoms with van der Waals surface area (Å²) in [5.74, 6) is -0.557. The lowest BCUT2D eigenvalue weighted by Crippen LogP contribution is -2.30. The van der Waals surface area contributed by atoms with Gasteiger partial charge in [0, 0.05) is 0 Å². The van der Waals surface area contributed by atoms with Crippen LogP contribution in [0.3, 0.4) is 0 Å². The van der Waals surface area contributed by atoms with Crippen LogP contribution in [0, 0.1) is 5.82 Å². The molecule has 0 aliphatic rings. The van der Waals surface area contributed by atoms with Crippen LogP contribution in [-0.2, 0) is 5.60 Å². The van der Waals surface area contributed by atoms with Gasteiger partial charge in [-0.1, -0.05) is 6.07 Å². The first kappa shape index (κ1) is 11.5. The molecule has 78 valence electrons. The van der Waals surface area contributed by atoms with Crippen LogP contribution in [0.5, 0.6) is 0 Å². The Morgan fingerprint density at radius 3 is 2.43 bits per heavy atom. The molecule has 0 bridgehead atoms. The standard InChI is InChI=1S/C9H8BrF3O/c1-9(14,8(12)13)5-2-3-7(11)6(10)4-5/h2-4,8,14H,1H3. The second kappa shape index (κ2) is 3.90. The van der Waals surface area contributed by atoms with Gasteiger partial charge >= 0.3 is 0 Å². The van der Waals surface area contributed by atoms with Gasteiger partial charge in [-0.25, -0.2) is 13.2 Å². The molecular formula is C9H8BrF3O. The van der Waals surface area contributed by atoms with Crippen molar-refractivity contribution in [1.82, 2.24) is 0 Å². The molecule has 0 amide bonds. The maximum atomic E-state index is 12.8. The smallest absolute Gasteiger partial charge is 0.270 e. The van der Waals surface area contributed by atoms with Crippen molar-refractivity contribution in [3.63, 3.8) is 0 Å². The van der Waals surface area contributed by atoms with Gasteiger partial charge in [0.2, 0.25) is 0 Å². The third-order valence-electron chi connectivity index (χ3n) is 1.93. The van der Waals surface area contributed by atoms with Crippen molar-refractivity contribution in [2.24, 2.45) is 0 Å². The molecule has 1 N–H and O–H groups in total. The molecule has 0 radical (unpaired) electrons. The molecule has 5 heteroatoms. The van der Waals surface area contributed by atoms with Crippen LogP contribution >= 0.6 is 15.9 Å². The van der Waals surface area contributed by atoms with Crippen molar-refractivity contribution in [2.75, 3.05) is 0 Å². The van der Waals surface area contributed by atoms with Crippen LogP contribution < -0.4 is 0 Å². The summed E-state index contributed by atoms with van der Waals surface area (Å²) in [7, 11) is 0.